The molecule has 0 aromatic heterocycles. The molecule has 0 radical (unpaired) electrons. The Bertz CT molecular complexity index is 722. The highest BCUT2D eigenvalue weighted by Crippen LogP contribution is 2.38. The minimum Gasteiger partial charge on any atom is -0.399 e. The number of benzene rings is 2. The van der Waals surface area contributed by atoms with Crippen molar-refractivity contribution in [1.82, 2.24) is 0 Å². The second-order valence-corrected chi connectivity index (χ2v) is 9.38. The smallest absolute Gasteiger partial charge is 0.0314 e. The van der Waals surface area contributed by atoms with E-state index < -0.39 is 0 Å². The van der Waals surface area contributed by atoms with Crippen LogP contribution in [-0.4, -0.2) is 0 Å². The minimum absolute atomic E-state index is 0.778. The van der Waals surface area contributed by atoms with Crippen LogP contribution in [0.15, 0.2) is 42.5 Å². The largest absolute Gasteiger partial charge is 0.399 e. The molecule has 2 aromatic carbocycles. The Balaban J connectivity index is 1.44. The standard InChI is InChI=1S/C28H41N/c1-3-4-5-6-7-8-9-23-10-14-25(15-11-23)27-17-16-26(22(2)20-27)21-24-12-18-28(29)19-13-24/h12-13,16-20,23,25H,3-11,14-15,21,29H2,1-2H3. The van der Waals surface area contributed by atoms with Crippen LogP contribution in [0.4, 0.5) is 5.69 Å². The van der Waals surface area contributed by atoms with Gasteiger partial charge in [0.2, 0.25) is 0 Å². The second kappa shape index (κ2) is 11.4. The van der Waals surface area contributed by atoms with E-state index >= 15 is 0 Å². The number of hydrogen-bond acceptors (Lipinski definition) is 1. The van der Waals surface area contributed by atoms with Gasteiger partial charge >= 0.3 is 0 Å². The molecule has 1 nitrogen and oxygen atoms in total. The first-order valence-corrected chi connectivity index (χ1v) is 12.1. The molecule has 1 aliphatic rings. The second-order valence-electron chi connectivity index (χ2n) is 9.38. The Morgan fingerprint density at radius 1 is 0.828 bits per heavy atom. The topological polar surface area (TPSA) is 26.0 Å². The molecule has 2 N–H and O–H groups in total. The Hall–Kier alpha value is -1.76. The number of nitrogens with two attached hydrogens (primary N) is 1. The Morgan fingerprint density at radius 2 is 1.52 bits per heavy atom. The molecule has 0 heterocycles. The van der Waals surface area contributed by atoms with Gasteiger partial charge in [0.15, 0.2) is 0 Å². The molecule has 0 bridgehead atoms. The summed E-state index contributed by atoms with van der Waals surface area (Å²) in [5, 5.41) is 0. The lowest BCUT2D eigenvalue weighted by Crippen LogP contribution is -2.13. The third kappa shape index (κ3) is 6.91. The van der Waals surface area contributed by atoms with Gasteiger partial charge in [-0.05, 0) is 85.3 Å². The van der Waals surface area contributed by atoms with E-state index in [1.54, 1.807) is 5.56 Å². The summed E-state index contributed by atoms with van der Waals surface area (Å²) < 4.78 is 0. The molecule has 0 spiro atoms. The van der Waals surface area contributed by atoms with Gasteiger partial charge in [0.1, 0.15) is 0 Å². The number of nitrogen functional groups attached to an aromatic ring is 1. The summed E-state index contributed by atoms with van der Waals surface area (Å²) in [4.78, 5) is 0. The van der Waals surface area contributed by atoms with Gasteiger partial charge in [-0.15, -0.1) is 0 Å². The first-order chi connectivity index (χ1) is 14.2. The number of aryl methyl sites for hydroxylation is 1. The van der Waals surface area contributed by atoms with E-state index in [-0.39, 0.29) is 0 Å². The molecule has 0 saturated heterocycles. The van der Waals surface area contributed by atoms with E-state index in [4.69, 9.17) is 5.73 Å². The number of rotatable bonds is 10. The van der Waals surface area contributed by atoms with Crippen molar-refractivity contribution in [3.63, 3.8) is 0 Å². The lowest BCUT2D eigenvalue weighted by molar-refractivity contribution is 0.302. The average Bonchev–Trinajstić information content (AvgIpc) is 2.74. The molecule has 1 fully saturated rings. The van der Waals surface area contributed by atoms with Gasteiger partial charge < -0.3 is 5.73 Å². The van der Waals surface area contributed by atoms with Crippen LogP contribution in [0.2, 0.25) is 0 Å². The van der Waals surface area contributed by atoms with Crippen LogP contribution in [0.25, 0.3) is 0 Å². The Kier molecular flexibility index (Phi) is 8.65. The quantitative estimate of drug-likeness (QED) is 0.320. The molecule has 1 aliphatic carbocycles. The molecular weight excluding hydrogens is 350 g/mol. The van der Waals surface area contributed by atoms with Gasteiger partial charge in [0.05, 0.1) is 0 Å². The molecule has 1 heteroatoms. The van der Waals surface area contributed by atoms with Crippen molar-refractivity contribution in [2.24, 2.45) is 5.92 Å². The van der Waals surface area contributed by atoms with Crippen molar-refractivity contribution < 1.29 is 0 Å². The van der Waals surface area contributed by atoms with E-state index in [0.29, 0.717) is 0 Å². The first kappa shape index (κ1) is 21.9. The van der Waals surface area contributed by atoms with Crippen molar-refractivity contribution in [2.75, 3.05) is 5.73 Å². The average molecular weight is 392 g/mol. The fourth-order valence-corrected chi connectivity index (χ4v) is 5.02. The normalized spacial score (nSPS) is 19.4. The van der Waals surface area contributed by atoms with Crippen molar-refractivity contribution in [2.45, 2.75) is 96.8 Å². The lowest BCUT2D eigenvalue weighted by atomic mass is 9.76. The molecule has 2 aromatic rings. The van der Waals surface area contributed by atoms with Gasteiger partial charge in [-0.2, -0.15) is 0 Å². The van der Waals surface area contributed by atoms with E-state index in [0.717, 1.165) is 23.9 Å². The van der Waals surface area contributed by atoms with Gasteiger partial charge in [-0.25, -0.2) is 0 Å². The molecule has 29 heavy (non-hydrogen) atoms. The summed E-state index contributed by atoms with van der Waals surface area (Å²) >= 11 is 0. The van der Waals surface area contributed by atoms with E-state index in [1.807, 2.05) is 12.1 Å². The van der Waals surface area contributed by atoms with Crippen LogP contribution in [0.5, 0.6) is 0 Å². The molecule has 1 saturated carbocycles. The Morgan fingerprint density at radius 3 is 2.21 bits per heavy atom. The molecule has 3 rings (SSSR count). The van der Waals surface area contributed by atoms with Gasteiger partial charge in [-0.3, -0.25) is 0 Å². The monoisotopic (exact) mass is 391 g/mol. The van der Waals surface area contributed by atoms with Crippen molar-refractivity contribution in [3.8, 4) is 0 Å². The maximum atomic E-state index is 5.81. The number of anilines is 1. The zero-order chi connectivity index (χ0) is 20.5. The lowest BCUT2D eigenvalue weighted by Gasteiger charge is -2.29. The predicted molar refractivity (Wildman–Crippen MR) is 128 cm³/mol. The summed E-state index contributed by atoms with van der Waals surface area (Å²) in [6, 6.07) is 15.5. The van der Waals surface area contributed by atoms with E-state index in [9.17, 15) is 0 Å². The van der Waals surface area contributed by atoms with Gasteiger partial charge in [-0.1, -0.05) is 82.2 Å². The summed E-state index contributed by atoms with van der Waals surface area (Å²) in [5.74, 6) is 1.77. The van der Waals surface area contributed by atoms with Gasteiger partial charge in [0, 0.05) is 5.69 Å². The first-order valence-electron chi connectivity index (χ1n) is 12.1. The third-order valence-electron chi connectivity index (χ3n) is 7.03. The number of hydrogen-bond donors (Lipinski definition) is 1. The summed E-state index contributed by atoms with van der Waals surface area (Å²) in [6.07, 6.45) is 16.7. The van der Waals surface area contributed by atoms with Crippen LogP contribution in [-0.2, 0) is 6.42 Å². The van der Waals surface area contributed by atoms with Crippen LogP contribution in [0, 0.1) is 12.8 Å². The molecular formula is C28H41N. The van der Waals surface area contributed by atoms with Crippen molar-refractivity contribution >= 4 is 5.69 Å². The fourth-order valence-electron chi connectivity index (χ4n) is 5.02. The molecule has 0 unspecified atom stereocenters. The highest BCUT2D eigenvalue weighted by molar-refractivity contribution is 5.42. The van der Waals surface area contributed by atoms with E-state index in [2.05, 4.69) is 44.2 Å². The molecule has 0 aliphatic heterocycles. The summed E-state index contributed by atoms with van der Waals surface area (Å²) in [6.45, 7) is 4.58. The fraction of sp³-hybridized carbons (Fsp3) is 0.571. The van der Waals surface area contributed by atoms with Crippen LogP contribution in [0.3, 0.4) is 0 Å². The van der Waals surface area contributed by atoms with Crippen molar-refractivity contribution in [1.29, 1.82) is 0 Å². The highest BCUT2D eigenvalue weighted by Gasteiger charge is 2.22. The third-order valence-corrected chi connectivity index (χ3v) is 7.03. The van der Waals surface area contributed by atoms with Crippen LogP contribution in [0.1, 0.15) is 106 Å². The maximum Gasteiger partial charge on any atom is 0.0314 e. The zero-order valence-electron chi connectivity index (χ0n) is 18.8. The maximum absolute atomic E-state index is 5.81. The summed E-state index contributed by atoms with van der Waals surface area (Å²) in [5.41, 5.74) is 12.4. The predicted octanol–water partition coefficient (Wildman–Crippen LogP) is 8.19. The SMILES string of the molecule is CCCCCCCCC1CCC(c2ccc(Cc3ccc(N)cc3)c(C)c2)CC1. The summed E-state index contributed by atoms with van der Waals surface area (Å²) in [7, 11) is 0. The van der Waals surface area contributed by atoms with Gasteiger partial charge in [0.25, 0.3) is 0 Å². The number of unbranched alkanes of at least 4 members (excludes halogenated alkanes) is 5. The minimum atomic E-state index is 0.778. The van der Waals surface area contributed by atoms with E-state index in [1.165, 1.54) is 87.3 Å². The molecule has 0 amide bonds. The molecule has 158 valence electrons. The van der Waals surface area contributed by atoms with Crippen LogP contribution < -0.4 is 5.73 Å². The van der Waals surface area contributed by atoms with Crippen LogP contribution >= 0.6 is 0 Å². The Labute approximate surface area is 179 Å². The highest BCUT2D eigenvalue weighted by atomic mass is 14.5. The molecule has 0 atom stereocenters. The zero-order valence-corrected chi connectivity index (χ0v) is 18.8. The van der Waals surface area contributed by atoms with Crippen molar-refractivity contribution in [3.05, 3.63) is 64.7 Å².